The van der Waals surface area contributed by atoms with Gasteiger partial charge in [-0.05, 0) is 24.5 Å². The molecule has 0 aliphatic carbocycles. The molecule has 0 saturated carbocycles. The van der Waals surface area contributed by atoms with Crippen molar-refractivity contribution in [3.05, 3.63) is 29.8 Å². The van der Waals surface area contributed by atoms with Gasteiger partial charge in [-0.1, -0.05) is 25.1 Å². The topological polar surface area (TPSA) is 12.0 Å². The van der Waals surface area contributed by atoms with E-state index in [2.05, 4.69) is 36.5 Å². The highest BCUT2D eigenvalue weighted by atomic mass is 14.9. The Morgan fingerprint density at radius 3 is 3.00 bits per heavy atom. The Morgan fingerprint density at radius 1 is 1.45 bits per heavy atom. The largest absolute Gasteiger partial charge is 0.382 e. The lowest BCUT2D eigenvalue weighted by Gasteiger charge is -2.05. The molecule has 11 heavy (non-hydrogen) atoms. The monoisotopic (exact) mass is 147 g/mol. The molecule has 0 aromatic heterocycles. The van der Waals surface area contributed by atoms with Gasteiger partial charge in [0.1, 0.15) is 0 Å². The van der Waals surface area contributed by atoms with Gasteiger partial charge < -0.3 is 5.32 Å². The fraction of sp³-hybridized carbons (Fsp3) is 0.400. The van der Waals surface area contributed by atoms with Crippen molar-refractivity contribution in [2.24, 2.45) is 0 Å². The molecule has 1 atom stereocenters. The number of hydrogen-bond acceptors (Lipinski definition) is 1. The summed E-state index contributed by atoms with van der Waals surface area (Å²) in [5.41, 5.74) is 2.80. The summed E-state index contributed by atoms with van der Waals surface area (Å²) in [4.78, 5) is 0. The van der Waals surface area contributed by atoms with E-state index in [4.69, 9.17) is 0 Å². The van der Waals surface area contributed by atoms with Crippen molar-refractivity contribution in [3.8, 4) is 0 Å². The molecule has 0 amide bonds. The Labute approximate surface area is 67.4 Å². The fourth-order valence-corrected chi connectivity index (χ4v) is 1.62. The summed E-state index contributed by atoms with van der Waals surface area (Å²) >= 11 is 0. The van der Waals surface area contributed by atoms with Gasteiger partial charge in [0.25, 0.3) is 0 Å². The van der Waals surface area contributed by atoms with Crippen LogP contribution >= 0.6 is 0 Å². The van der Waals surface area contributed by atoms with Crippen molar-refractivity contribution in [1.29, 1.82) is 0 Å². The van der Waals surface area contributed by atoms with Gasteiger partial charge >= 0.3 is 0 Å². The Hall–Kier alpha value is -0.980. The van der Waals surface area contributed by atoms with Crippen LogP contribution in [0.25, 0.3) is 0 Å². The molecule has 58 valence electrons. The second-order valence-electron chi connectivity index (χ2n) is 3.11. The lowest BCUT2D eigenvalue weighted by atomic mass is 10.1. The number of hydrogen-bond donors (Lipinski definition) is 1. The number of nitrogens with one attached hydrogen (secondary N) is 1. The zero-order chi connectivity index (χ0) is 7.68. The standard InChI is InChI=1S/C10H13N/c1-2-9-7-8-5-3-4-6-10(8)11-9/h3-6,9,11H,2,7H2,1H3/t9-/m0/s1. The van der Waals surface area contributed by atoms with E-state index in [0.29, 0.717) is 6.04 Å². The van der Waals surface area contributed by atoms with E-state index in [1.54, 1.807) is 0 Å². The lowest BCUT2D eigenvalue weighted by Crippen LogP contribution is -2.12. The number of para-hydroxylation sites is 1. The molecule has 1 nitrogen and oxygen atoms in total. The maximum Gasteiger partial charge on any atom is 0.0375 e. The molecule has 0 radical (unpaired) electrons. The smallest absolute Gasteiger partial charge is 0.0375 e. The van der Waals surface area contributed by atoms with E-state index in [-0.39, 0.29) is 0 Å². The van der Waals surface area contributed by atoms with Gasteiger partial charge in [0, 0.05) is 11.7 Å². The highest BCUT2D eigenvalue weighted by Gasteiger charge is 2.17. The Bertz CT molecular complexity index is 230. The summed E-state index contributed by atoms with van der Waals surface area (Å²) in [6.45, 7) is 2.23. The minimum atomic E-state index is 0.674. The van der Waals surface area contributed by atoms with Crippen LogP contribution in [0.1, 0.15) is 18.9 Å². The molecule has 1 aromatic rings. The first-order valence-electron chi connectivity index (χ1n) is 4.24. The van der Waals surface area contributed by atoms with Crippen molar-refractivity contribution in [2.75, 3.05) is 5.32 Å². The number of benzene rings is 1. The first-order chi connectivity index (χ1) is 5.40. The molecule has 0 fully saturated rings. The van der Waals surface area contributed by atoms with Crippen molar-refractivity contribution in [1.82, 2.24) is 0 Å². The number of rotatable bonds is 1. The van der Waals surface area contributed by atoms with Gasteiger partial charge in [0.2, 0.25) is 0 Å². The second kappa shape index (κ2) is 2.57. The number of fused-ring (bicyclic) bond motifs is 1. The average Bonchev–Trinajstić information content (AvgIpc) is 2.46. The van der Waals surface area contributed by atoms with E-state index >= 15 is 0 Å². The fourth-order valence-electron chi connectivity index (χ4n) is 1.62. The molecule has 1 N–H and O–H groups in total. The van der Waals surface area contributed by atoms with Crippen molar-refractivity contribution in [2.45, 2.75) is 25.8 Å². The molecule has 0 spiro atoms. The van der Waals surface area contributed by atoms with Crippen LogP contribution in [0.4, 0.5) is 5.69 Å². The van der Waals surface area contributed by atoms with Crippen molar-refractivity contribution < 1.29 is 0 Å². The van der Waals surface area contributed by atoms with Crippen molar-refractivity contribution in [3.63, 3.8) is 0 Å². The molecule has 0 unspecified atom stereocenters. The molecule has 2 rings (SSSR count). The zero-order valence-electron chi connectivity index (χ0n) is 6.80. The predicted molar refractivity (Wildman–Crippen MR) is 47.8 cm³/mol. The maximum atomic E-state index is 3.48. The molecule has 1 aromatic carbocycles. The van der Waals surface area contributed by atoms with E-state index in [1.807, 2.05) is 0 Å². The maximum absolute atomic E-state index is 3.48. The highest BCUT2D eigenvalue weighted by Crippen LogP contribution is 2.25. The molecule has 0 saturated heterocycles. The molecule has 1 aliphatic rings. The summed E-state index contributed by atoms with van der Waals surface area (Å²) < 4.78 is 0. The summed E-state index contributed by atoms with van der Waals surface area (Å²) in [6, 6.07) is 9.23. The molecule has 1 aliphatic heterocycles. The number of anilines is 1. The quantitative estimate of drug-likeness (QED) is 0.643. The van der Waals surface area contributed by atoms with Gasteiger partial charge in [0.05, 0.1) is 0 Å². The van der Waals surface area contributed by atoms with Crippen LogP contribution in [0.2, 0.25) is 0 Å². The van der Waals surface area contributed by atoms with E-state index < -0.39 is 0 Å². The Morgan fingerprint density at radius 2 is 2.27 bits per heavy atom. The van der Waals surface area contributed by atoms with Gasteiger partial charge in [-0.15, -0.1) is 0 Å². The molecule has 0 bridgehead atoms. The lowest BCUT2D eigenvalue weighted by molar-refractivity contribution is 0.723. The van der Waals surface area contributed by atoms with Crippen LogP contribution < -0.4 is 5.32 Å². The zero-order valence-corrected chi connectivity index (χ0v) is 6.80. The minimum Gasteiger partial charge on any atom is -0.382 e. The SMILES string of the molecule is CC[C@H]1Cc2ccccc2N1. The molecule has 1 heterocycles. The molecular weight excluding hydrogens is 134 g/mol. The van der Waals surface area contributed by atoms with Gasteiger partial charge in [-0.3, -0.25) is 0 Å². The Kier molecular flexibility index (Phi) is 1.57. The molecular formula is C10H13N. The average molecular weight is 147 g/mol. The van der Waals surface area contributed by atoms with Crippen LogP contribution in [-0.2, 0) is 6.42 Å². The van der Waals surface area contributed by atoms with E-state index in [0.717, 1.165) is 0 Å². The summed E-state index contributed by atoms with van der Waals surface area (Å²) in [5, 5.41) is 3.48. The summed E-state index contributed by atoms with van der Waals surface area (Å²) in [5.74, 6) is 0. The van der Waals surface area contributed by atoms with Crippen LogP contribution in [-0.4, -0.2) is 6.04 Å². The third-order valence-corrected chi connectivity index (χ3v) is 2.34. The van der Waals surface area contributed by atoms with Gasteiger partial charge in [0.15, 0.2) is 0 Å². The van der Waals surface area contributed by atoms with Crippen LogP contribution in [0.5, 0.6) is 0 Å². The first kappa shape index (κ1) is 6.71. The third-order valence-electron chi connectivity index (χ3n) is 2.34. The van der Waals surface area contributed by atoms with Gasteiger partial charge in [-0.2, -0.15) is 0 Å². The minimum absolute atomic E-state index is 0.674. The van der Waals surface area contributed by atoms with Crippen molar-refractivity contribution >= 4 is 5.69 Å². The van der Waals surface area contributed by atoms with Crippen LogP contribution in [0.3, 0.4) is 0 Å². The highest BCUT2D eigenvalue weighted by molar-refractivity contribution is 5.56. The molecule has 1 heteroatoms. The normalized spacial score (nSPS) is 21.0. The van der Waals surface area contributed by atoms with E-state index in [1.165, 1.54) is 24.1 Å². The van der Waals surface area contributed by atoms with E-state index in [9.17, 15) is 0 Å². The van der Waals surface area contributed by atoms with Gasteiger partial charge in [-0.25, -0.2) is 0 Å². The Balaban J connectivity index is 2.27. The summed E-state index contributed by atoms with van der Waals surface area (Å²) in [7, 11) is 0. The second-order valence-corrected chi connectivity index (χ2v) is 3.11. The summed E-state index contributed by atoms with van der Waals surface area (Å²) in [6.07, 6.45) is 2.42. The van der Waals surface area contributed by atoms with Crippen LogP contribution in [0.15, 0.2) is 24.3 Å². The first-order valence-corrected chi connectivity index (χ1v) is 4.24. The third kappa shape index (κ3) is 1.11. The van der Waals surface area contributed by atoms with Crippen LogP contribution in [0, 0.1) is 0 Å². The predicted octanol–water partition coefficient (Wildman–Crippen LogP) is 2.43.